The summed E-state index contributed by atoms with van der Waals surface area (Å²) in [6.45, 7) is 2.77. The molecule has 6 heteroatoms. The zero-order valence-corrected chi connectivity index (χ0v) is 14.4. The monoisotopic (exact) mass is 357 g/mol. The normalized spacial score (nSPS) is 13.3. The third kappa shape index (κ3) is 2.97. The number of halogens is 1. The molecule has 0 saturated carbocycles. The van der Waals surface area contributed by atoms with Gasteiger partial charge in [0.1, 0.15) is 0 Å². The topological polar surface area (TPSA) is 63.7 Å². The minimum absolute atomic E-state index is 0.240. The lowest BCUT2D eigenvalue weighted by atomic mass is 10.0. The summed E-state index contributed by atoms with van der Waals surface area (Å²) in [5.74, 6) is -0.790. The average Bonchev–Trinajstić information content (AvgIpc) is 2.88. The van der Waals surface area contributed by atoms with Crippen LogP contribution >= 0.6 is 11.6 Å². The molecule has 1 aliphatic heterocycles. The number of nitrogens with zero attached hydrogens (tertiary/aromatic N) is 1. The highest BCUT2D eigenvalue weighted by atomic mass is 35.5. The van der Waals surface area contributed by atoms with Crippen molar-refractivity contribution in [3.63, 3.8) is 0 Å². The van der Waals surface area contributed by atoms with E-state index >= 15 is 0 Å². The van der Waals surface area contributed by atoms with Crippen LogP contribution in [0.5, 0.6) is 0 Å². The van der Waals surface area contributed by atoms with E-state index in [9.17, 15) is 14.4 Å². The number of hydrogen-bond acceptors (Lipinski definition) is 4. The van der Waals surface area contributed by atoms with Crippen LogP contribution in [0, 0.1) is 0 Å². The number of fused-ring (bicyclic) bond motifs is 1. The molecule has 1 heterocycles. The summed E-state index contributed by atoms with van der Waals surface area (Å²) in [5, 5.41) is 0.240. The summed E-state index contributed by atoms with van der Waals surface area (Å²) in [6.07, 6.45) is 1.04. The highest BCUT2D eigenvalue weighted by molar-refractivity contribution is 6.37. The van der Waals surface area contributed by atoms with E-state index in [0.29, 0.717) is 53.9 Å². The lowest BCUT2D eigenvalue weighted by Gasteiger charge is -2.20. The molecule has 2 amide bonds. The van der Waals surface area contributed by atoms with Gasteiger partial charge in [-0.15, -0.1) is 0 Å². The van der Waals surface area contributed by atoms with Crippen LogP contribution in [0.1, 0.15) is 43.6 Å². The van der Waals surface area contributed by atoms with Gasteiger partial charge in [-0.3, -0.25) is 14.4 Å². The first-order valence-electron chi connectivity index (χ1n) is 7.92. The van der Waals surface area contributed by atoms with Crippen molar-refractivity contribution in [1.82, 2.24) is 0 Å². The molecule has 2 aromatic carbocycles. The summed E-state index contributed by atoms with van der Waals surface area (Å²) in [7, 11) is 0. The van der Waals surface area contributed by atoms with Gasteiger partial charge in [0, 0.05) is 12.2 Å². The Bertz CT molecular complexity index is 827. The fourth-order valence-corrected chi connectivity index (χ4v) is 3.19. The first-order chi connectivity index (χ1) is 12.1. The van der Waals surface area contributed by atoms with Crippen LogP contribution in [0.15, 0.2) is 36.4 Å². The van der Waals surface area contributed by atoms with E-state index in [1.807, 2.05) is 6.92 Å². The van der Waals surface area contributed by atoms with Gasteiger partial charge in [-0.25, -0.2) is 4.90 Å². The molecule has 25 heavy (non-hydrogen) atoms. The summed E-state index contributed by atoms with van der Waals surface area (Å²) < 4.78 is 5.36. The van der Waals surface area contributed by atoms with E-state index in [1.165, 1.54) is 6.07 Å². The second-order valence-electron chi connectivity index (χ2n) is 5.52. The van der Waals surface area contributed by atoms with E-state index in [0.717, 1.165) is 4.90 Å². The summed E-state index contributed by atoms with van der Waals surface area (Å²) in [4.78, 5) is 37.7. The van der Waals surface area contributed by atoms with Gasteiger partial charge in [0.05, 0.1) is 28.4 Å². The molecule has 128 valence electrons. The number of benzene rings is 2. The molecule has 0 bridgehead atoms. The molecule has 3 rings (SSSR count). The van der Waals surface area contributed by atoms with Crippen molar-refractivity contribution in [3.05, 3.63) is 63.7 Å². The lowest BCUT2D eigenvalue weighted by Crippen LogP contribution is -2.30. The molecule has 0 aliphatic carbocycles. The highest BCUT2D eigenvalue weighted by Crippen LogP contribution is 2.35. The third-order valence-corrected chi connectivity index (χ3v) is 4.56. The van der Waals surface area contributed by atoms with Gasteiger partial charge >= 0.3 is 0 Å². The molecule has 0 spiro atoms. The maximum atomic E-state index is 12.7. The van der Waals surface area contributed by atoms with Crippen LogP contribution in [0.4, 0.5) is 5.69 Å². The number of amides is 2. The standard InChI is InChI=1S/C19H16ClNO4/c1-2-25-10-9-15-16(8-7-12(11-22)17(15)20)21-18(23)13-5-3-4-6-14(13)19(21)24/h3-8,11H,2,9-10H2,1H3. The summed E-state index contributed by atoms with van der Waals surface area (Å²) in [5.41, 5.74) is 1.97. The minimum Gasteiger partial charge on any atom is -0.381 e. The molecule has 5 nitrogen and oxygen atoms in total. The predicted molar refractivity (Wildman–Crippen MR) is 94.6 cm³/mol. The van der Waals surface area contributed by atoms with E-state index in [1.54, 1.807) is 30.3 Å². The molecule has 0 atom stereocenters. The van der Waals surface area contributed by atoms with Gasteiger partial charge in [-0.1, -0.05) is 23.7 Å². The van der Waals surface area contributed by atoms with E-state index in [2.05, 4.69) is 0 Å². The zero-order valence-electron chi connectivity index (χ0n) is 13.6. The smallest absolute Gasteiger partial charge is 0.266 e. The van der Waals surface area contributed by atoms with Gasteiger partial charge in [0.15, 0.2) is 6.29 Å². The Morgan fingerprint density at radius 2 is 1.72 bits per heavy atom. The van der Waals surface area contributed by atoms with Crippen molar-refractivity contribution in [2.75, 3.05) is 18.1 Å². The van der Waals surface area contributed by atoms with E-state index in [4.69, 9.17) is 16.3 Å². The molecule has 0 fully saturated rings. The third-order valence-electron chi connectivity index (χ3n) is 4.11. The first-order valence-corrected chi connectivity index (χ1v) is 8.30. The molecule has 0 saturated heterocycles. The van der Waals surface area contributed by atoms with Crippen molar-refractivity contribution < 1.29 is 19.1 Å². The molecular formula is C19H16ClNO4. The Morgan fingerprint density at radius 3 is 2.28 bits per heavy atom. The second kappa shape index (κ2) is 7.17. The summed E-state index contributed by atoms with van der Waals surface area (Å²) >= 11 is 6.34. The van der Waals surface area contributed by atoms with Crippen LogP contribution in [0.2, 0.25) is 5.02 Å². The SMILES string of the molecule is CCOCCc1c(N2C(=O)c3ccccc3C2=O)ccc(C=O)c1Cl. The average molecular weight is 358 g/mol. The maximum Gasteiger partial charge on any atom is 0.266 e. The fraction of sp³-hybridized carbons (Fsp3) is 0.211. The van der Waals surface area contributed by atoms with Gasteiger partial charge in [0.25, 0.3) is 11.8 Å². The maximum absolute atomic E-state index is 12.7. The quantitative estimate of drug-likeness (QED) is 0.450. The van der Waals surface area contributed by atoms with Crippen molar-refractivity contribution in [2.45, 2.75) is 13.3 Å². The Morgan fingerprint density at radius 1 is 1.08 bits per heavy atom. The number of aldehydes is 1. The van der Waals surface area contributed by atoms with Crippen molar-refractivity contribution in [3.8, 4) is 0 Å². The molecule has 0 aromatic heterocycles. The van der Waals surface area contributed by atoms with Crippen molar-refractivity contribution >= 4 is 35.4 Å². The number of imide groups is 1. The van der Waals surface area contributed by atoms with Crippen molar-refractivity contribution in [1.29, 1.82) is 0 Å². The Hall–Kier alpha value is -2.50. The molecule has 2 aromatic rings. The number of ether oxygens (including phenoxy) is 1. The van der Waals surface area contributed by atoms with Gasteiger partial charge < -0.3 is 4.74 Å². The number of carbonyl (C=O) groups excluding carboxylic acids is 3. The zero-order chi connectivity index (χ0) is 18.0. The van der Waals surface area contributed by atoms with Gasteiger partial charge in [0.2, 0.25) is 0 Å². The fourth-order valence-electron chi connectivity index (χ4n) is 2.89. The van der Waals surface area contributed by atoms with Crippen LogP contribution in [0.3, 0.4) is 0 Å². The van der Waals surface area contributed by atoms with Crippen LogP contribution < -0.4 is 4.90 Å². The first kappa shape index (κ1) is 17.3. The largest absolute Gasteiger partial charge is 0.381 e. The lowest BCUT2D eigenvalue weighted by molar-refractivity contribution is 0.0925. The molecular weight excluding hydrogens is 342 g/mol. The van der Waals surface area contributed by atoms with Gasteiger partial charge in [-0.05, 0) is 43.2 Å². The number of carbonyl (C=O) groups is 3. The minimum atomic E-state index is -0.395. The predicted octanol–water partition coefficient (Wildman–Crippen LogP) is 3.53. The molecule has 0 unspecified atom stereocenters. The number of hydrogen-bond donors (Lipinski definition) is 0. The number of anilines is 1. The Kier molecular flexibility index (Phi) is 4.97. The summed E-state index contributed by atoms with van der Waals surface area (Å²) in [6, 6.07) is 9.77. The van der Waals surface area contributed by atoms with E-state index < -0.39 is 11.8 Å². The Balaban J connectivity index is 2.08. The van der Waals surface area contributed by atoms with Crippen LogP contribution in [-0.4, -0.2) is 31.3 Å². The highest BCUT2D eigenvalue weighted by Gasteiger charge is 2.37. The Labute approximate surface area is 150 Å². The van der Waals surface area contributed by atoms with Crippen LogP contribution in [-0.2, 0) is 11.2 Å². The molecule has 0 radical (unpaired) electrons. The second-order valence-corrected chi connectivity index (χ2v) is 5.90. The molecule has 1 aliphatic rings. The molecule has 0 N–H and O–H groups in total. The van der Waals surface area contributed by atoms with Gasteiger partial charge in [-0.2, -0.15) is 0 Å². The number of rotatable bonds is 6. The van der Waals surface area contributed by atoms with E-state index in [-0.39, 0.29) is 5.02 Å². The van der Waals surface area contributed by atoms with Crippen molar-refractivity contribution in [2.24, 2.45) is 0 Å². The van der Waals surface area contributed by atoms with Crippen LogP contribution in [0.25, 0.3) is 0 Å².